The summed E-state index contributed by atoms with van der Waals surface area (Å²) in [6.07, 6.45) is 0.575. The van der Waals surface area contributed by atoms with Crippen LogP contribution in [0.5, 0.6) is 11.5 Å². The van der Waals surface area contributed by atoms with Crippen molar-refractivity contribution in [2.45, 2.75) is 24.7 Å². The number of halogens is 1. The van der Waals surface area contributed by atoms with Crippen LogP contribution in [0.3, 0.4) is 0 Å². The van der Waals surface area contributed by atoms with Gasteiger partial charge in [0.05, 0.1) is 23.9 Å². The molecule has 0 saturated carbocycles. The van der Waals surface area contributed by atoms with E-state index in [2.05, 4.69) is 5.32 Å². The molecule has 0 atom stereocenters. The van der Waals surface area contributed by atoms with Gasteiger partial charge in [0.15, 0.2) is 21.3 Å². The Morgan fingerprint density at radius 3 is 2.57 bits per heavy atom. The predicted molar refractivity (Wildman–Crippen MR) is 110 cm³/mol. The van der Waals surface area contributed by atoms with Gasteiger partial charge in [-0.15, -0.1) is 12.4 Å². The maximum atomic E-state index is 12.6. The first-order valence-electron chi connectivity index (χ1n) is 8.63. The van der Waals surface area contributed by atoms with Gasteiger partial charge in [-0.1, -0.05) is 6.07 Å². The van der Waals surface area contributed by atoms with E-state index in [0.29, 0.717) is 36.1 Å². The molecule has 0 fully saturated rings. The first-order valence-corrected chi connectivity index (χ1v) is 10.3. The van der Waals surface area contributed by atoms with Crippen LogP contribution in [0.1, 0.15) is 18.4 Å². The maximum absolute atomic E-state index is 12.6. The molecular formula is C19H23ClN2O5S. The summed E-state index contributed by atoms with van der Waals surface area (Å²) in [5.41, 5.74) is 7.67. The van der Waals surface area contributed by atoms with Crippen molar-refractivity contribution < 1.29 is 22.7 Å². The number of sulfone groups is 1. The highest BCUT2D eigenvalue weighted by Crippen LogP contribution is 2.32. The zero-order chi connectivity index (χ0) is 19.4. The molecule has 2 aromatic rings. The fraction of sp³-hybridized carbons (Fsp3) is 0.316. The average molecular weight is 427 g/mol. The molecule has 3 rings (SSSR count). The van der Waals surface area contributed by atoms with Crippen LogP contribution in [0.4, 0.5) is 11.4 Å². The molecule has 0 spiro atoms. The summed E-state index contributed by atoms with van der Waals surface area (Å²) in [4.78, 5) is 12.3. The van der Waals surface area contributed by atoms with Crippen molar-refractivity contribution in [1.29, 1.82) is 0 Å². The monoisotopic (exact) mass is 426 g/mol. The zero-order valence-corrected chi connectivity index (χ0v) is 17.1. The van der Waals surface area contributed by atoms with Gasteiger partial charge in [-0.25, -0.2) is 8.42 Å². The van der Waals surface area contributed by atoms with Crippen LogP contribution in [0.25, 0.3) is 0 Å². The Hall–Kier alpha value is -2.45. The molecule has 0 aromatic heterocycles. The van der Waals surface area contributed by atoms with Crippen LogP contribution in [0.15, 0.2) is 41.3 Å². The Labute approximate surface area is 170 Å². The van der Waals surface area contributed by atoms with E-state index < -0.39 is 9.84 Å². The van der Waals surface area contributed by atoms with E-state index in [4.69, 9.17) is 15.2 Å². The van der Waals surface area contributed by atoms with Crippen LogP contribution in [-0.2, 0) is 14.6 Å². The molecule has 28 heavy (non-hydrogen) atoms. The fourth-order valence-corrected chi connectivity index (χ4v) is 3.92. The van der Waals surface area contributed by atoms with Gasteiger partial charge < -0.3 is 20.5 Å². The van der Waals surface area contributed by atoms with Gasteiger partial charge >= 0.3 is 0 Å². The molecular weight excluding hydrogens is 404 g/mol. The number of hydrogen-bond donors (Lipinski definition) is 2. The molecule has 0 bridgehead atoms. The number of amides is 1. The van der Waals surface area contributed by atoms with Crippen molar-refractivity contribution in [2.75, 3.05) is 30.0 Å². The van der Waals surface area contributed by atoms with E-state index >= 15 is 0 Å². The van der Waals surface area contributed by atoms with Crippen LogP contribution in [0, 0.1) is 6.92 Å². The van der Waals surface area contributed by atoms with E-state index in [0.717, 1.165) is 12.0 Å². The Balaban J connectivity index is 0.00000280. The Morgan fingerprint density at radius 1 is 1.11 bits per heavy atom. The molecule has 1 aliphatic heterocycles. The normalized spacial score (nSPS) is 13.2. The number of rotatable bonds is 5. The lowest BCUT2D eigenvalue weighted by Gasteiger charge is -2.11. The number of nitrogens with one attached hydrogen (secondary N) is 1. The van der Waals surface area contributed by atoms with Gasteiger partial charge in [0.1, 0.15) is 0 Å². The summed E-state index contributed by atoms with van der Waals surface area (Å²) in [5.74, 6) is 0.246. The second-order valence-electron chi connectivity index (χ2n) is 6.35. The van der Waals surface area contributed by atoms with E-state index in [1.807, 2.05) is 6.92 Å². The van der Waals surface area contributed by atoms with Crippen LogP contribution in [0.2, 0.25) is 0 Å². The second-order valence-corrected chi connectivity index (χ2v) is 8.46. The smallest absolute Gasteiger partial charge is 0.225 e. The first-order chi connectivity index (χ1) is 12.8. The SMILES string of the molecule is Cc1ccc(N)cc1NC(=O)CCS(=O)(=O)c1ccc2c(c1)OCCCO2.Cl. The molecule has 9 heteroatoms. The molecule has 0 saturated heterocycles. The molecule has 0 unspecified atom stereocenters. The third kappa shape index (κ3) is 5.30. The van der Waals surface area contributed by atoms with Gasteiger partial charge in [-0.3, -0.25) is 4.79 Å². The number of aryl methyl sites for hydroxylation is 1. The number of anilines is 2. The molecule has 1 aliphatic rings. The highest BCUT2D eigenvalue weighted by molar-refractivity contribution is 7.91. The van der Waals surface area contributed by atoms with E-state index in [1.54, 1.807) is 24.3 Å². The van der Waals surface area contributed by atoms with Crippen molar-refractivity contribution in [2.24, 2.45) is 0 Å². The summed E-state index contributed by atoms with van der Waals surface area (Å²) in [5, 5.41) is 2.71. The second kappa shape index (κ2) is 9.16. The molecule has 7 nitrogen and oxygen atoms in total. The number of nitrogen functional groups attached to an aromatic ring is 1. The molecule has 3 N–H and O–H groups in total. The van der Waals surface area contributed by atoms with Crippen molar-refractivity contribution in [3.63, 3.8) is 0 Å². The van der Waals surface area contributed by atoms with Gasteiger partial charge in [0.2, 0.25) is 5.91 Å². The van der Waals surface area contributed by atoms with Gasteiger partial charge in [0.25, 0.3) is 0 Å². The maximum Gasteiger partial charge on any atom is 0.225 e. The number of benzene rings is 2. The fourth-order valence-electron chi connectivity index (χ4n) is 2.67. The van der Waals surface area contributed by atoms with Crippen molar-refractivity contribution in [1.82, 2.24) is 0 Å². The standard InChI is InChI=1S/C19H22N2O5S.ClH/c1-13-3-4-14(20)11-16(13)21-19(22)7-10-27(23,24)15-5-6-17-18(12-15)26-9-2-8-25-17;/h3-6,11-12H,2,7-10,20H2,1H3,(H,21,22);1H. The van der Waals surface area contributed by atoms with Crippen molar-refractivity contribution >= 4 is 39.5 Å². The minimum Gasteiger partial charge on any atom is -0.490 e. The molecule has 152 valence electrons. The third-order valence-corrected chi connectivity index (χ3v) is 5.93. The van der Waals surface area contributed by atoms with Crippen molar-refractivity contribution in [3.8, 4) is 11.5 Å². The van der Waals surface area contributed by atoms with Crippen molar-refractivity contribution in [3.05, 3.63) is 42.0 Å². The van der Waals surface area contributed by atoms with E-state index in [1.165, 1.54) is 12.1 Å². The minimum absolute atomic E-state index is 0. The Kier molecular flexibility index (Phi) is 7.15. The van der Waals surface area contributed by atoms with Gasteiger partial charge in [-0.05, 0) is 36.8 Å². The van der Waals surface area contributed by atoms with Crippen LogP contribution < -0.4 is 20.5 Å². The van der Waals surface area contributed by atoms with E-state index in [9.17, 15) is 13.2 Å². The number of carbonyl (C=O) groups is 1. The van der Waals surface area contributed by atoms with Gasteiger partial charge in [0, 0.05) is 30.3 Å². The topological polar surface area (TPSA) is 108 Å². The highest BCUT2D eigenvalue weighted by Gasteiger charge is 2.20. The van der Waals surface area contributed by atoms with Gasteiger partial charge in [-0.2, -0.15) is 0 Å². The number of fused-ring (bicyclic) bond motifs is 1. The molecule has 1 heterocycles. The lowest BCUT2D eigenvalue weighted by atomic mass is 10.2. The molecule has 0 aliphatic carbocycles. The highest BCUT2D eigenvalue weighted by atomic mass is 35.5. The summed E-state index contributed by atoms with van der Waals surface area (Å²) >= 11 is 0. The lowest BCUT2D eigenvalue weighted by Crippen LogP contribution is -2.18. The predicted octanol–water partition coefficient (Wildman–Crippen LogP) is 2.96. The first kappa shape index (κ1) is 21.8. The van der Waals surface area contributed by atoms with E-state index in [-0.39, 0.29) is 35.4 Å². The number of carbonyl (C=O) groups excluding carboxylic acids is 1. The Morgan fingerprint density at radius 2 is 1.82 bits per heavy atom. The van der Waals surface area contributed by atoms with Crippen LogP contribution in [-0.4, -0.2) is 33.3 Å². The quantitative estimate of drug-likeness (QED) is 0.711. The minimum atomic E-state index is -3.63. The zero-order valence-electron chi connectivity index (χ0n) is 15.4. The number of hydrogen-bond acceptors (Lipinski definition) is 6. The largest absolute Gasteiger partial charge is 0.490 e. The average Bonchev–Trinajstić information content (AvgIpc) is 2.88. The lowest BCUT2D eigenvalue weighted by molar-refractivity contribution is -0.115. The van der Waals surface area contributed by atoms with Crippen LogP contribution >= 0.6 is 12.4 Å². The molecule has 1 amide bonds. The summed E-state index contributed by atoms with van der Waals surface area (Å²) < 4.78 is 36.2. The summed E-state index contributed by atoms with van der Waals surface area (Å²) in [6.45, 7) is 2.84. The summed E-state index contributed by atoms with van der Waals surface area (Å²) in [7, 11) is -3.63. The molecule has 0 radical (unpaired) electrons. The number of ether oxygens (including phenoxy) is 2. The third-order valence-electron chi connectivity index (χ3n) is 4.21. The number of nitrogens with two attached hydrogens (primary N) is 1. The Bertz CT molecular complexity index is 963. The summed E-state index contributed by atoms with van der Waals surface area (Å²) in [6, 6.07) is 9.69. The molecule has 2 aromatic carbocycles.